The average molecular weight is 252 g/mol. The molecule has 0 saturated heterocycles. The monoisotopic (exact) mass is 252 g/mol. The minimum absolute atomic E-state index is 0.172. The van der Waals surface area contributed by atoms with Gasteiger partial charge in [0.1, 0.15) is 0 Å². The highest BCUT2D eigenvalue weighted by atomic mass is 31.2. The summed E-state index contributed by atoms with van der Waals surface area (Å²) in [5.41, 5.74) is 4.11. The van der Waals surface area contributed by atoms with Crippen LogP contribution in [0.2, 0.25) is 0 Å². The molecule has 5 N–H and O–H groups in total. The Balaban J connectivity index is 3.58. The molecule has 0 aliphatic rings. The Morgan fingerprint density at radius 3 is 2.31 bits per heavy atom. The molecule has 0 fully saturated rings. The van der Waals surface area contributed by atoms with Crippen molar-refractivity contribution < 1.29 is 23.9 Å². The van der Waals surface area contributed by atoms with E-state index in [9.17, 15) is 14.2 Å². The minimum Gasteiger partial charge on any atom is -0.356 e. The predicted octanol–water partition coefficient (Wildman–Crippen LogP) is -0.674. The van der Waals surface area contributed by atoms with Gasteiger partial charge in [0, 0.05) is 19.4 Å². The molecule has 0 aliphatic heterocycles. The lowest BCUT2D eigenvalue weighted by Crippen LogP contribution is -2.25. The van der Waals surface area contributed by atoms with Crippen molar-refractivity contribution in [2.24, 2.45) is 5.73 Å². The molecule has 0 atom stereocenters. The van der Waals surface area contributed by atoms with Crippen LogP contribution in [-0.4, -0.2) is 34.3 Å². The van der Waals surface area contributed by atoms with E-state index in [2.05, 4.69) is 5.32 Å². The molecule has 94 valence electrons. The summed E-state index contributed by atoms with van der Waals surface area (Å²) in [6.07, 6.45) is 0.899. The maximum atomic E-state index is 11.0. The Morgan fingerprint density at radius 2 is 1.81 bits per heavy atom. The third kappa shape index (κ3) is 7.53. The van der Waals surface area contributed by atoms with Gasteiger partial charge in [-0.05, 0) is 19.4 Å². The van der Waals surface area contributed by atoms with Crippen molar-refractivity contribution in [2.45, 2.75) is 25.7 Å². The van der Waals surface area contributed by atoms with Crippen LogP contribution in [0, 0.1) is 0 Å². The summed E-state index contributed by atoms with van der Waals surface area (Å²) >= 11 is 0. The number of hydrogen-bond donors (Lipinski definition) is 4. The van der Waals surface area contributed by atoms with Gasteiger partial charge in [0.15, 0.2) is 0 Å². The van der Waals surface area contributed by atoms with E-state index >= 15 is 0 Å². The number of carbonyl (C=O) groups excluding carboxylic acids is 2. The zero-order valence-corrected chi connectivity index (χ0v) is 9.78. The molecular formula is C8H17N2O5P. The zero-order valence-electron chi connectivity index (χ0n) is 8.89. The van der Waals surface area contributed by atoms with Crippen LogP contribution in [0.1, 0.15) is 25.7 Å². The maximum absolute atomic E-state index is 11.0. The molecule has 0 spiro atoms. The second kappa shape index (κ2) is 7.51. The summed E-state index contributed by atoms with van der Waals surface area (Å²) in [6.45, 7) is 0.666. The average Bonchev–Trinajstić information content (AvgIpc) is 2.19. The Kier molecular flexibility index (Phi) is 7.16. The van der Waals surface area contributed by atoms with Crippen LogP contribution in [-0.2, 0) is 14.2 Å². The highest BCUT2D eigenvalue weighted by Crippen LogP contribution is 2.37. The highest BCUT2D eigenvalue weighted by Gasteiger charge is 2.24. The summed E-state index contributed by atoms with van der Waals surface area (Å²) in [5.74, 6) is -0.172. The summed E-state index contributed by atoms with van der Waals surface area (Å²) in [5, 5.41) is 2.52. The number of hydrogen-bond acceptors (Lipinski definition) is 4. The van der Waals surface area contributed by atoms with Gasteiger partial charge in [-0.15, -0.1) is 0 Å². The number of rotatable bonds is 8. The van der Waals surface area contributed by atoms with Crippen molar-refractivity contribution in [2.75, 3.05) is 13.1 Å². The van der Waals surface area contributed by atoms with Crippen molar-refractivity contribution >= 4 is 19.0 Å². The fourth-order valence-electron chi connectivity index (χ4n) is 0.964. The largest absolute Gasteiger partial charge is 0.391 e. The van der Waals surface area contributed by atoms with E-state index in [-0.39, 0.29) is 25.3 Å². The molecule has 0 heterocycles. The molecule has 0 aliphatic carbocycles. The van der Waals surface area contributed by atoms with Gasteiger partial charge in [-0.3, -0.25) is 14.2 Å². The Hall–Kier alpha value is -0.750. The van der Waals surface area contributed by atoms with Crippen molar-refractivity contribution in [3.63, 3.8) is 0 Å². The lowest BCUT2D eigenvalue weighted by Gasteiger charge is -2.05. The third-order valence-electron chi connectivity index (χ3n) is 1.82. The van der Waals surface area contributed by atoms with Gasteiger partial charge >= 0.3 is 7.60 Å². The van der Waals surface area contributed by atoms with E-state index in [0.29, 0.717) is 19.4 Å². The minimum atomic E-state index is -4.61. The third-order valence-corrected chi connectivity index (χ3v) is 2.70. The SMILES string of the molecule is NCCCC(=O)NCCCC(=O)P(=O)(O)O. The fraction of sp³-hybridized carbons (Fsp3) is 0.750. The molecule has 16 heavy (non-hydrogen) atoms. The quantitative estimate of drug-likeness (QED) is 0.334. The second-order valence-electron chi connectivity index (χ2n) is 3.28. The molecule has 0 aromatic rings. The molecule has 0 unspecified atom stereocenters. The Bertz CT molecular complexity index is 288. The van der Waals surface area contributed by atoms with Gasteiger partial charge in [0.2, 0.25) is 11.4 Å². The van der Waals surface area contributed by atoms with E-state index in [4.69, 9.17) is 15.5 Å². The van der Waals surface area contributed by atoms with Crippen LogP contribution in [0.4, 0.5) is 0 Å². The lowest BCUT2D eigenvalue weighted by atomic mass is 10.3. The molecule has 0 aromatic carbocycles. The molecular weight excluding hydrogens is 235 g/mol. The van der Waals surface area contributed by atoms with E-state index < -0.39 is 13.1 Å². The second-order valence-corrected chi connectivity index (χ2v) is 4.87. The first-order chi connectivity index (χ1) is 7.38. The van der Waals surface area contributed by atoms with Crippen LogP contribution in [0.15, 0.2) is 0 Å². The Labute approximate surface area is 93.6 Å². The standard InChI is InChI=1S/C8H17N2O5P/c9-5-1-3-7(11)10-6-2-4-8(12)16(13,14)15/h1-6,9H2,(H,10,11)(H2,13,14,15). The molecule has 0 saturated carbocycles. The molecule has 0 radical (unpaired) electrons. The zero-order chi connectivity index (χ0) is 12.6. The van der Waals surface area contributed by atoms with Gasteiger partial charge in [-0.1, -0.05) is 0 Å². The first-order valence-corrected chi connectivity index (χ1v) is 6.55. The van der Waals surface area contributed by atoms with Gasteiger partial charge in [-0.2, -0.15) is 0 Å². The molecule has 1 amide bonds. The van der Waals surface area contributed by atoms with Crippen LogP contribution in [0.5, 0.6) is 0 Å². The van der Waals surface area contributed by atoms with Gasteiger partial charge in [-0.25, -0.2) is 0 Å². The van der Waals surface area contributed by atoms with Gasteiger partial charge in [0.05, 0.1) is 0 Å². The summed E-state index contributed by atoms with van der Waals surface area (Å²) in [7, 11) is -4.61. The molecule has 8 heteroatoms. The number of carbonyl (C=O) groups is 2. The van der Waals surface area contributed by atoms with Crippen LogP contribution in [0.25, 0.3) is 0 Å². The summed E-state index contributed by atoms with van der Waals surface area (Å²) < 4.78 is 10.4. The molecule has 0 bridgehead atoms. The Morgan fingerprint density at radius 1 is 1.19 bits per heavy atom. The van der Waals surface area contributed by atoms with Crippen molar-refractivity contribution in [1.29, 1.82) is 0 Å². The van der Waals surface area contributed by atoms with Gasteiger partial charge in [0.25, 0.3) is 0 Å². The lowest BCUT2D eigenvalue weighted by molar-refractivity contribution is -0.121. The van der Waals surface area contributed by atoms with Crippen molar-refractivity contribution in [3.8, 4) is 0 Å². The van der Waals surface area contributed by atoms with E-state index in [1.165, 1.54) is 0 Å². The van der Waals surface area contributed by atoms with E-state index in [0.717, 1.165) is 0 Å². The van der Waals surface area contributed by atoms with Crippen LogP contribution in [0.3, 0.4) is 0 Å². The normalized spacial score (nSPS) is 11.2. The van der Waals surface area contributed by atoms with Crippen LogP contribution < -0.4 is 11.1 Å². The van der Waals surface area contributed by atoms with Crippen molar-refractivity contribution in [1.82, 2.24) is 5.32 Å². The van der Waals surface area contributed by atoms with Gasteiger partial charge < -0.3 is 20.8 Å². The smallest absolute Gasteiger partial charge is 0.356 e. The topological polar surface area (TPSA) is 130 Å². The first-order valence-electron chi connectivity index (χ1n) is 4.93. The molecule has 0 rings (SSSR count). The van der Waals surface area contributed by atoms with E-state index in [1.54, 1.807) is 0 Å². The number of nitrogens with one attached hydrogen (secondary N) is 1. The predicted molar refractivity (Wildman–Crippen MR) is 57.6 cm³/mol. The van der Waals surface area contributed by atoms with E-state index in [1.807, 2.05) is 0 Å². The van der Waals surface area contributed by atoms with Crippen molar-refractivity contribution in [3.05, 3.63) is 0 Å². The number of nitrogens with two attached hydrogens (primary N) is 1. The fourth-order valence-corrected chi connectivity index (χ4v) is 1.41. The molecule has 0 aromatic heterocycles. The maximum Gasteiger partial charge on any atom is 0.391 e. The molecule has 7 nitrogen and oxygen atoms in total. The summed E-state index contributed by atoms with van der Waals surface area (Å²) in [6, 6.07) is 0. The number of amides is 1. The summed E-state index contributed by atoms with van der Waals surface area (Å²) in [4.78, 5) is 38.8. The first kappa shape index (κ1) is 15.2. The highest BCUT2D eigenvalue weighted by molar-refractivity contribution is 7.70. The van der Waals surface area contributed by atoms with Crippen LogP contribution >= 0.6 is 7.60 Å².